The highest BCUT2D eigenvalue weighted by atomic mass is 35.5. The van der Waals surface area contributed by atoms with Crippen molar-refractivity contribution in [2.45, 2.75) is 84.8 Å². The molecule has 2 N–H and O–H groups in total. The summed E-state index contributed by atoms with van der Waals surface area (Å²) in [5.41, 5.74) is 1.31. The number of carbonyl (C=O) groups is 3. The summed E-state index contributed by atoms with van der Waals surface area (Å²) in [6.07, 6.45) is 5.52. The first-order valence-electron chi connectivity index (χ1n) is 13.4. The van der Waals surface area contributed by atoms with E-state index in [4.69, 9.17) is 16.3 Å². The lowest BCUT2D eigenvalue weighted by Gasteiger charge is -2.32. The number of hydrogen-bond acceptors (Lipinski definition) is 4. The summed E-state index contributed by atoms with van der Waals surface area (Å²) in [7, 11) is 0. The van der Waals surface area contributed by atoms with Crippen LogP contribution in [0.2, 0.25) is 5.02 Å². The Morgan fingerprint density at radius 3 is 2.24 bits per heavy atom. The van der Waals surface area contributed by atoms with Crippen LogP contribution in [0.25, 0.3) is 0 Å². The first-order valence-corrected chi connectivity index (χ1v) is 13.8. The van der Waals surface area contributed by atoms with Gasteiger partial charge in [0.15, 0.2) is 0 Å². The first kappa shape index (κ1) is 31.2. The van der Waals surface area contributed by atoms with Crippen LogP contribution < -0.4 is 10.6 Å². The second-order valence-corrected chi connectivity index (χ2v) is 10.9. The van der Waals surface area contributed by atoms with Gasteiger partial charge >= 0.3 is 6.09 Å². The highest BCUT2D eigenvalue weighted by molar-refractivity contribution is 6.34. The maximum absolute atomic E-state index is 13.8. The summed E-state index contributed by atoms with van der Waals surface area (Å²) < 4.78 is 5.29. The van der Waals surface area contributed by atoms with E-state index >= 15 is 0 Å². The van der Waals surface area contributed by atoms with Crippen LogP contribution in [0.4, 0.5) is 10.5 Å². The van der Waals surface area contributed by atoms with E-state index in [0.29, 0.717) is 22.8 Å². The predicted molar refractivity (Wildman–Crippen MR) is 153 cm³/mol. The Bertz CT molecular complexity index is 1030. The van der Waals surface area contributed by atoms with Gasteiger partial charge in [0.2, 0.25) is 5.91 Å². The highest BCUT2D eigenvalue weighted by Crippen LogP contribution is 2.29. The second kappa shape index (κ2) is 15.4. The molecule has 1 atom stereocenters. The fraction of sp³-hybridized carbons (Fsp3) is 0.500. The van der Waals surface area contributed by atoms with Gasteiger partial charge in [-0.25, -0.2) is 4.79 Å². The fourth-order valence-corrected chi connectivity index (χ4v) is 4.38. The third-order valence-corrected chi connectivity index (χ3v) is 6.32. The maximum Gasteiger partial charge on any atom is 0.408 e. The first-order chi connectivity index (χ1) is 18.0. The molecule has 0 aliphatic carbocycles. The van der Waals surface area contributed by atoms with Crippen molar-refractivity contribution in [1.29, 1.82) is 0 Å². The lowest BCUT2D eigenvalue weighted by atomic mass is 10.0. The van der Waals surface area contributed by atoms with Gasteiger partial charge in [-0.3, -0.25) is 9.59 Å². The van der Waals surface area contributed by atoms with Crippen LogP contribution in [0, 0.1) is 6.92 Å². The van der Waals surface area contributed by atoms with Crippen LogP contribution in [0.3, 0.4) is 0 Å². The molecule has 0 aliphatic heterocycles. The van der Waals surface area contributed by atoms with E-state index in [2.05, 4.69) is 17.6 Å². The van der Waals surface area contributed by atoms with E-state index < -0.39 is 17.7 Å². The van der Waals surface area contributed by atoms with Crippen LogP contribution in [0.1, 0.15) is 83.4 Å². The normalized spacial score (nSPS) is 11.9. The second-order valence-electron chi connectivity index (χ2n) is 10.4. The summed E-state index contributed by atoms with van der Waals surface area (Å²) in [4.78, 5) is 41.1. The number of carbonyl (C=O) groups excluding carboxylic acids is 3. The highest BCUT2D eigenvalue weighted by Gasteiger charge is 2.32. The van der Waals surface area contributed by atoms with E-state index in [1.165, 1.54) is 6.42 Å². The number of ether oxygens (including phenoxy) is 1. The number of benzene rings is 2. The zero-order valence-corrected chi connectivity index (χ0v) is 24.1. The average Bonchev–Trinajstić information content (AvgIpc) is 2.85. The van der Waals surface area contributed by atoms with Crippen LogP contribution in [-0.2, 0) is 14.3 Å². The van der Waals surface area contributed by atoms with E-state index in [-0.39, 0.29) is 18.4 Å². The van der Waals surface area contributed by atoms with Crippen LogP contribution in [-0.4, -0.2) is 41.5 Å². The number of alkyl carbamates (subject to hydrolysis) is 1. The molecule has 0 spiro atoms. The third kappa shape index (κ3) is 10.4. The van der Waals surface area contributed by atoms with Gasteiger partial charge in [0.1, 0.15) is 18.2 Å². The molecule has 0 fully saturated rings. The summed E-state index contributed by atoms with van der Waals surface area (Å²) in [5.74, 6) is -0.742. The molecule has 0 saturated heterocycles. The van der Waals surface area contributed by atoms with Crippen molar-refractivity contribution in [1.82, 2.24) is 10.2 Å². The molecule has 8 heteroatoms. The molecule has 2 aromatic rings. The third-order valence-electron chi connectivity index (χ3n) is 6.00. The minimum Gasteiger partial charge on any atom is -0.444 e. The lowest BCUT2D eigenvalue weighted by Crippen LogP contribution is -2.47. The molecule has 7 nitrogen and oxygen atoms in total. The molecule has 0 heterocycles. The van der Waals surface area contributed by atoms with Crippen molar-refractivity contribution >= 4 is 35.2 Å². The molecule has 208 valence electrons. The largest absolute Gasteiger partial charge is 0.444 e. The number of hydrogen-bond donors (Lipinski definition) is 2. The number of nitrogens with one attached hydrogen (secondary N) is 2. The molecule has 38 heavy (non-hydrogen) atoms. The maximum atomic E-state index is 13.8. The Kier molecular flexibility index (Phi) is 12.6. The Balaban J connectivity index is 2.32. The van der Waals surface area contributed by atoms with Gasteiger partial charge in [0.05, 0.1) is 10.7 Å². The van der Waals surface area contributed by atoms with Crippen LogP contribution in [0.15, 0.2) is 48.5 Å². The molecule has 0 radical (unpaired) electrons. The monoisotopic (exact) mass is 543 g/mol. The van der Waals surface area contributed by atoms with Crippen molar-refractivity contribution in [3.63, 3.8) is 0 Å². The number of nitrogens with zero attached hydrogens (tertiary/aromatic N) is 1. The predicted octanol–water partition coefficient (Wildman–Crippen LogP) is 7.04. The molecule has 1 unspecified atom stereocenters. The molecule has 0 aliphatic rings. The molecule has 2 rings (SSSR count). The molecule has 0 aromatic heterocycles. The van der Waals surface area contributed by atoms with Gasteiger partial charge in [0.25, 0.3) is 5.91 Å². The van der Waals surface area contributed by atoms with Gasteiger partial charge in [0, 0.05) is 6.54 Å². The van der Waals surface area contributed by atoms with Gasteiger partial charge in [-0.2, -0.15) is 0 Å². The lowest BCUT2D eigenvalue weighted by molar-refractivity contribution is -0.138. The summed E-state index contributed by atoms with van der Waals surface area (Å²) in [6.45, 7) is 9.38. The number of rotatable bonds is 13. The zero-order chi connectivity index (χ0) is 28.1. The van der Waals surface area contributed by atoms with Crippen LogP contribution >= 0.6 is 11.6 Å². The summed E-state index contributed by atoms with van der Waals surface area (Å²) in [5, 5.41) is 5.92. The van der Waals surface area contributed by atoms with Gasteiger partial charge in [-0.15, -0.1) is 0 Å². The minimum atomic E-state index is -0.907. The summed E-state index contributed by atoms with van der Waals surface area (Å²) in [6, 6.07) is 13.7. The van der Waals surface area contributed by atoms with Crippen molar-refractivity contribution in [3.05, 3.63) is 64.7 Å². The number of aryl methyl sites for hydroxylation is 1. The van der Waals surface area contributed by atoms with Gasteiger partial charge < -0.3 is 20.3 Å². The van der Waals surface area contributed by atoms with Crippen molar-refractivity contribution < 1.29 is 19.1 Å². The number of unbranched alkanes of at least 4 members (excludes halogenated alkanes) is 5. The number of amides is 3. The van der Waals surface area contributed by atoms with E-state index in [9.17, 15) is 14.4 Å². The van der Waals surface area contributed by atoms with Crippen molar-refractivity contribution in [3.8, 4) is 0 Å². The Morgan fingerprint density at radius 1 is 0.947 bits per heavy atom. The van der Waals surface area contributed by atoms with Crippen molar-refractivity contribution in [2.75, 3.05) is 18.4 Å². The smallest absolute Gasteiger partial charge is 0.408 e. The Morgan fingerprint density at radius 2 is 1.61 bits per heavy atom. The summed E-state index contributed by atoms with van der Waals surface area (Å²) >= 11 is 6.39. The number of para-hydroxylation sites is 1. The topological polar surface area (TPSA) is 87.7 Å². The minimum absolute atomic E-state index is 0.285. The quantitative estimate of drug-likeness (QED) is 0.265. The van der Waals surface area contributed by atoms with E-state index in [1.54, 1.807) is 31.7 Å². The zero-order valence-electron chi connectivity index (χ0n) is 23.3. The van der Waals surface area contributed by atoms with Gasteiger partial charge in [-0.05, 0) is 51.3 Å². The molecule has 0 saturated carbocycles. The van der Waals surface area contributed by atoms with E-state index in [1.807, 2.05) is 49.4 Å². The molecular weight excluding hydrogens is 502 g/mol. The van der Waals surface area contributed by atoms with Crippen molar-refractivity contribution in [2.24, 2.45) is 0 Å². The molecular formula is C30H42ClN3O4. The fourth-order valence-electron chi connectivity index (χ4n) is 4.11. The van der Waals surface area contributed by atoms with E-state index in [0.717, 1.165) is 37.7 Å². The number of anilines is 1. The number of halogens is 1. The van der Waals surface area contributed by atoms with Gasteiger partial charge in [-0.1, -0.05) is 93.1 Å². The standard InChI is InChI=1S/C30H42ClN3O4/c1-6-7-8-9-10-14-20-34(25(35)21-32-29(37)38-30(3,4)5)27(23-17-12-11-13-18-23)28(36)33-26-22(2)16-15-19-24(26)31/h11-13,15-19,27H,6-10,14,20-21H2,1-5H3,(H,32,37)(H,33,36). The average molecular weight is 544 g/mol. The molecule has 2 aromatic carbocycles. The SMILES string of the molecule is CCCCCCCCN(C(=O)CNC(=O)OC(C)(C)C)C(C(=O)Nc1c(C)cccc1Cl)c1ccccc1. The molecule has 3 amide bonds. The Labute approximate surface area is 232 Å². The molecule has 0 bridgehead atoms. The Hall–Kier alpha value is -3.06. The van der Waals surface area contributed by atoms with Crippen LogP contribution in [0.5, 0.6) is 0 Å².